The second kappa shape index (κ2) is 5.16. The average Bonchev–Trinajstić information content (AvgIpc) is 2.41. The van der Waals surface area contributed by atoms with Gasteiger partial charge < -0.3 is 9.64 Å². The molecule has 4 nitrogen and oxygen atoms in total. The molecule has 0 spiro atoms. The zero-order chi connectivity index (χ0) is 13.1. The van der Waals surface area contributed by atoms with Crippen molar-refractivity contribution in [2.24, 2.45) is 0 Å². The van der Waals surface area contributed by atoms with Crippen molar-refractivity contribution in [2.75, 3.05) is 25.1 Å². The van der Waals surface area contributed by atoms with Gasteiger partial charge in [0.15, 0.2) is 12.0 Å². The van der Waals surface area contributed by atoms with Crippen LogP contribution in [0.3, 0.4) is 0 Å². The number of anilines is 1. The number of ether oxygens (including phenoxy) is 1. The van der Waals surface area contributed by atoms with E-state index in [0.29, 0.717) is 12.1 Å². The Morgan fingerprint density at radius 1 is 1.50 bits per heavy atom. The number of nitrogens with zero attached hydrogens (tertiary/aromatic N) is 1. The van der Waals surface area contributed by atoms with Crippen LogP contribution >= 0.6 is 0 Å². The highest BCUT2D eigenvalue weighted by Gasteiger charge is 2.27. The normalized spacial score (nSPS) is 19.8. The van der Waals surface area contributed by atoms with Crippen LogP contribution in [0.1, 0.15) is 16.8 Å². The molecule has 0 amide bonds. The summed E-state index contributed by atoms with van der Waals surface area (Å²) >= 11 is 0. The summed E-state index contributed by atoms with van der Waals surface area (Å²) in [5.41, 5.74) is 1.15. The van der Waals surface area contributed by atoms with Gasteiger partial charge in [-0.1, -0.05) is 6.07 Å². The van der Waals surface area contributed by atoms with Crippen LogP contribution in [0.2, 0.25) is 0 Å². The van der Waals surface area contributed by atoms with Gasteiger partial charge in [0.1, 0.15) is 0 Å². The molecule has 1 heterocycles. The Balaban J connectivity index is 2.18. The number of hydrogen-bond acceptors (Lipinski definition) is 4. The fourth-order valence-corrected chi connectivity index (χ4v) is 1.97. The standard InChI is InChI=1S/C13H14FNO3/c1-18-13(17)9-3-2-4-10(7-9)15-6-5-12(16)11(14)8-15/h2-4,7,11H,5-6,8H2,1H3. The zero-order valence-corrected chi connectivity index (χ0v) is 10.1. The number of ketones is 1. The molecule has 18 heavy (non-hydrogen) atoms. The molecular formula is C13H14FNO3. The number of alkyl halides is 1. The van der Waals surface area contributed by atoms with E-state index in [9.17, 15) is 14.0 Å². The Morgan fingerprint density at radius 2 is 2.28 bits per heavy atom. The molecule has 0 N–H and O–H groups in total. The van der Waals surface area contributed by atoms with Crippen LogP contribution in [0, 0.1) is 0 Å². The quantitative estimate of drug-likeness (QED) is 0.749. The molecule has 2 rings (SSSR count). The number of esters is 1. The molecule has 1 saturated heterocycles. The van der Waals surface area contributed by atoms with E-state index in [1.807, 2.05) is 0 Å². The van der Waals surface area contributed by atoms with Gasteiger partial charge >= 0.3 is 5.97 Å². The molecule has 1 atom stereocenters. The third-order valence-electron chi connectivity index (χ3n) is 2.99. The maximum absolute atomic E-state index is 13.4. The third-order valence-corrected chi connectivity index (χ3v) is 2.99. The molecular weight excluding hydrogens is 237 g/mol. The summed E-state index contributed by atoms with van der Waals surface area (Å²) in [6, 6.07) is 6.78. The van der Waals surface area contributed by atoms with E-state index >= 15 is 0 Å². The van der Waals surface area contributed by atoms with Crippen LogP contribution < -0.4 is 4.90 Å². The molecule has 1 unspecified atom stereocenters. The Labute approximate surface area is 104 Å². The molecule has 5 heteroatoms. The lowest BCUT2D eigenvalue weighted by atomic mass is 10.1. The zero-order valence-electron chi connectivity index (χ0n) is 10.1. The summed E-state index contributed by atoms with van der Waals surface area (Å²) in [5, 5.41) is 0. The second-order valence-corrected chi connectivity index (χ2v) is 4.17. The van der Waals surface area contributed by atoms with E-state index in [1.165, 1.54) is 7.11 Å². The summed E-state index contributed by atoms with van der Waals surface area (Å²) in [6.07, 6.45) is -1.25. The van der Waals surface area contributed by atoms with E-state index in [2.05, 4.69) is 4.74 Å². The summed E-state index contributed by atoms with van der Waals surface area (Å²) in [6.45, 7) is 0.521. The first-order valence-electron chi connectivity index (χ1n) is 5.72. The first kappa shape index (κ1) is 12.5. The van der Waals surface area contributed by atoms with Crippen molar-refractivity contribution >= 4 is 17.4 Å². The number of carbonyl (C=O) groups excluding carboxylic acids is 2. The molecule has 96 valence electrons. The highest BCUT2D eigenvalue weighted by molar-refractivity contribution is 5.91. The number of carbonyl (C=O) groups is 2. The molecule has 1 aromatic rings. The second-order valence-electron chi connectivity index (χ2n) is 4.17. The Morgan fingerprint density at radius 3 is 2.94 bits per heavy atom. The van der Waals surface area contributed by atoms with Crippen LogP contribution in [0.5, 0.6) is 0 Å². The fourth-order valence-electron chi connectivity index (χ4n) is 1.97. The summed E-state index contributed by atoms with van der Waals surface area (Å²) < 4.78 is 18.0. The lowest BCUT2D eigenvalue weighted by molar-refractivity contribution is -0.124. The SMILES string of the molecule is COC(=O)c1cccc(N2CCC(=O)C(F)C2)c1. The van der Waals surface area contributed by atoms with Crippen molar-refractivity contribution < 1.29 is 18.7 Å². The number of hydrogen-bond donors (Lipinski definition) is 0. The highest BCUT2D eigenvalue weighted by atomic mass is 19.1. The smallest absolute Gasteiger partial charge is 0.337 e. The molecule has 0 bridgehead atoms. The molecule has 0 aromatic heterocycles. The minimum Gasteiger partial charge on any atom is -0.465 e. The monoisotopic (exact) mass is 251 g/mol. The molecule has 0 radical (unpaired) electrons. The van der Waals surface area contributed by atoms with Crippen molar-refractivity contribution in [2.45, 2.75) is 12.6 Å². The van der Waals surface area contributed by atoms with Crippen LogP contribution in [0.25, 0.3) is 0 Å². The summed E-state index contributed by atoms with van der Waals surface area (Å²) in [7, 11) is 1.31. The van der Waals surface area contributed by atoms with Crippen molar-refractivity contribution in [3.63, 3.8) is 0 Å². The van der Waals surface area contributed by atoms with Crippen molar-refractivity contribution in [3.05, 3.63) is 29.8 Å². The maximum Gasteiger partial charge on any atom is 0.337 e. The number of methoxy groups -OCH3 is 1. The van der Waals surface area contributed by atoms with Crippen LogP contribution in [-0.2, 0) is 9.53 Å². The van der Waals surface area contributed by atoms with Gasteiger partial charge in [0.05, 0.1) is 19.2 Å². The van der Waals surface area contributed by atoms with Gasteiger partial charge in [-0.25, -0.2) is 9.18 Å². The lowest BCUT2D eigenvalue weighted by Gasteiger charge is -2.30. The van der Waals surface area contributed by atoms with Crippen LogP contribution in [0.4, 0.5) is 10.1 Å². The number of piperidine rings is 1. The first-order valence-corrected chi connectivity index (χ1v) is 5.72. The molecule has 0 saturated carbocycles. The lowest BCUT2D eigenvalue weighted by Crippen LogP contribution is -2.42. The van der Waals surface area contributed by atoms with E-state index in [0.717, 1.165) is 5.69 Å². The molecule has 0 aliphatic carbocycles. The molecule has 1 aliphatic heterocycles. The van der Waals surface area contributed by atoms with Gasteiger partial charge in [-0.3, -0.25) is 4.79 Å². The molecule has 1 aliphatic rings. The number of rotatable bonds is 2. The van der Waals surface area contributed by atoms with E-state index in [4.69, 9.17) is 0 Å². The molecule has 1 aromatic carbocycles. The van der Waals surface area contributed by atoms with Gasteiger partial charge in [-0.05, 0) is 18.2 Å². The number of benzene rings is 1. The fraction of sp³-hybridized carbons (Fsp3) is 0.385. The minimum atomic E-state index is -1.44. The third kappa shape index (κ3) is 2.50. The van der Waals surface area contributed by atoms with E-state index < -0.39 is 12.1 Å². The first-order chi connectivity index (χ1) is 8.61. The summed E-state index contributed by atoms with van der Waals surface area (Å²) in [4.78, 5) is 24.3. The van der Waals surface area contributed by atoms with E-state index in [-0.39, 0.29) is 18.7 Å². The Kier molecular flexibility index (Phi) is 3.60. The maximum atomic E-state index is 13.4. The van der Waals surface area contributed by atoms with Gasteiger partial charge in [0.2, 0.25) is 0 Å². The predicted octanol–water partition coefficient (Wildman–Crippen LogP) is 1.59. The van der Waals surface area contributed by atoms with Crippen molar-refractivity contribution in [1.82, 2.24) is 0 Å². The number of halogens is 1. The topological polar surface area (TPSA) is 46.6 Å². The minimum absolute atomic E-state index is 0.0451. The van der Waals surface area contributed by atoms with Gasteiger partial charge in [0.25, 0.3) is 0 Å². The van der Waals surface area contributed by atoms with Gasteiger partial charge in [-0.15, -0.1) is 0 Å². The highest BCUT2D eigenvalue weighted by Crippen LogP contribution is 2.21. The van der Waals surface area contributed by atoms with Crippen molar-refractivity contribution in [3.8, 4) is 0 Å². The van der Waals surface area contributed by atoms with Crippen molar-refractivity contribution in [1.29, 1.82) is 0 Å². The average molecular weight is 251 g/mol. The van der Waals surface area contributed by atoms with Crippen LogP contribution in [-0.4, -0.2) is 38.1 Å². The number of Topliss-reactive ketones (excluding diaryl/α,β-unsaturated/α-hetero) is 1. The molecule has 1 fully saturated rings. The van der Waals surface area contributed by atoms with Gasteiger partial charge in [-0.2, -0.15) is 0 Å². The Bertz CT molecular complexity index is 475. The summed E-state index contributed by atoms with van der Waals surface area (Å²) in [5.74, 6) is -0.780. The predicted molar refractivity (Wildman–Crippen MR) is 64.5 cm³/mol. The van der Waals surface area contributed by atoms with Crippen LogP contribution in [0.15, 0.2) is 24.3 Å². The Hall–Kier alpha value is -1.91. The largest absolute Gasteiger partial charge is 0.465 e. The van der Waals surface area contributed by atoms with Gasteiger partial charge in [0, 0.05) is 18.7 Å². The van der Waals surface area contributed by atoms with E-state index in [1.54, 1.807) is 29.2 Å².